The second kappa shape index (κ2) is 7.97. The number of anilines is 1. The van der Waals surface area contributed by atoms with Gasteiger partial charge < -0.3 is 16.0 Å². The van der Waals surface area contributed by atoms with Crippen LogP contribution in [0.3, 0.4) is 0 Å². The fourth-order valence-electron chi connectivity index (χ4n) is 3.40. The van der Waals surface area contributed by atoms with Gasteiger partial charge >= 0.3 is 6.18 Å². The highest BCUT2D eigenvalue weighted by Crippen LogP contribution is 2.31. The molecule has 1 aromatic heterocycles. The van der Waals surface area contributed by atoms with Crippen molar-refractivity contribution in [2.75, 3.05) is 11.9 Å². The molecule has 1 amide bonds. The van der Waals surface area contributed by atoms with Gasteiger partial charge in [-0.25, -0.2) is 9.37 Å². The van der Waals surface area contributed by atoms with Gasteiger partial charge in [0, 0.05) is 24.2 Å². The number of carbonyl (C=O) groups is 1. The van der Waals surface area contributed by atoms with Crippen molar-refractivity contribution in [3.63, 3.8) is 0 Å². The molecule has 0 fully saturated rings. The van der Waals surface area contributed by atoms with Crippen LogP contribution in [0, 0.1) is 19.7 Å². The maximum absolute atomic E-state index is 13.4. The first-order chi connectivity index (χ1) is 14.0. The fraction of sp³-hybridized carbons (Fsp3) is 0.333. The summed E-state index contributed by atoms with van der Waals surface area (Å²) >= 11 is 0. The average Bonchev–Trinajstić information content (AvgIpc) is 2.67. The third-order valence-corrected chi connectivity index (χ3v) is 5.11. The number of aromatic nitrogens is 1. The second-order valence-corrected chi connectivity index (χ2v) is 7.39. The van der Waals surface area contributed by atoms with Crippen LogP contribution in [0.5, 0.6) is 0 Å². The number of nitrogens with zero attached hydrogens (tertiary/aromatic N) is 2. The number of hydrogen-bond donors (Lipinski definition) is 2. The molecule has 3 rings (SSSR count). The molecule has 0 saturated carbocycles. The minimum absolute atomic E-state index is 0.0331. The van der Waals surface area contributed by atoms with Crippen molar-refractivity contribution >= 4 is 11.7 Å². The number of rotatable bonds is 3. The molecule has 9 heteroatoms. The Labute approximate surface area is 171 Å². The Hall–Kier alpha value is -3.10. The van der Waals surface area contributed by atoms with Crippen molar-refractivity contribution in [1.29, 1.82) is 0 Å². The van der Waals surface area contributed by atoms with E-state index in [-0.39, 0.29) is 12.1 Å². The topological polar surface area (TPSA) is 71.2 Å². The Bertz CT molecular complexity index is 1020. The van der Waals surface area contributed by atoms with Crippen molar-refractivity contribution in [3.05, 3.63) is 69.9 Å². The fourth-order valence-corrected chi connectivity index (χ4v) is 3.40. The number of benzene rings is 1. The van der Waals surface area contributed by atoms with Gasteiger partial charge in [-0.05, 0) is 56.2 Å². The molecular formula is C21H22F4N4O. The van der Waals surface area contributed by atoms with Crippen molar-refractivity contribution in [2.45, 2.75) is 39.4 Å². The molecule has 0 saturated heterocycles. The summed E-state index contributed by atoms with van der Waals surface area (Å²) in [6, 6.07) is 4.31. The molecule has 0 aliphatic carbocycles. The van der Waals surface area contributed by atoms with Crippen LogP contribution in [-0.2, 0) is 6.18 Å². The lowest BCUT2D eigenvalue weighted by atomic mass is 10.0. The number of alkyl halides is 3. The number of aryl methyl sites for hydroxylation is 2. The number of nitrogens with one attached hydrogen (secondary N) is 1. The number of hydrogen-bond acceptors (Lipinski definition) is 4. The van der Waals surface area contributed by atoms with Gasteiger partial charge in [-0.1, -0.05) is 0 Å². The molecule has 1 aromatic carbocycles. The third-order valence-electron chi connectivity index (χ3n) is 5.11. The van der Waals surface area contributed by atoms with Crippen LogP contribution < -0.4 is 11.1 Å². The van der Waals surface area contributed by atoms with Gasteiger partial charge in [-0.2, -0.15) is 13.2 Å². The van der Waals surface area contributed by atoms with Crippen LogP contribution in [0.1, 0.15) is 40.4 Å². The van der Waals surface area contributed by atoms with Crippen molar-refractivity contribution in [2.24, 2.45) is 5.73 Å². The summed E-state index contributed by atoms with van der Waals surface area (Å²) < 4.78 is 52.7. The lowest BCUT2D eigenvalue weighted by molar-refractivity contribution is -0.137. The largest absolute Gasteiger partial charge is 0.416 e. The molecular weight excluding hydrogens is 400 g/mol. The van der Waals surface area contributed by atoms with E-state index < -0.39 is 29.5 Å². The van der Waals surface area contributed by atoms with Crippen LogP contribution >= 0.6 is 0 Å². The Morgan fingerprint density at radius 3 is 2.57 bits per heavy atom. The number of halogens is 4. The molecule has 1 atom stereocenters. The molecule has 160 valence electrons. The SMILES string of the molecule is Cc1cc(C(=O)N2CCC(Nc3cc(C)c(F)cn3)=C(N)C2C)cc(C(F)(F)F)c1. The Kier molecular flexibility index (Phi) is 5.74. The Morgan fingerprint density at radius 1 is 1.23 bits per heavy atom. The summed E-state index contributed by atoms with van der Waals surface area (Å²) in [4.78, 5) is 18.4. The summed E-state index contributed by atoms with van der Waals surface area (Å²) in [5.74, 6) is -0.519. The zero-order chi connectivity index (χ0) is 22.2. The molecule has 1 unspecified atom stereocenters. The number of pyridine rings is 1. The van der Waals surface area contributed by atoms with Gasteiger partial charge in [0.2, 0.25) is 0 Å². The lowest BCUT2D eigenvalue weighted by Crippen LogP contribution is -2.46. The first-order valence-electron chi connectivity index (χ1n) is 9.35. The smallest absolute Gasteiger partial charge is 0.399 e. The van der Waals surface area contributed by atoms with E-state index in [1.54, 1.807) is 19.9 Å². The van der Waals surface area contributed by atoms with Crippen molar-refractivity contribution in [1.82, 2.24) is 9.88 Å². The molecule has 30 heavy (non-hydrogen) atoms. The summed E-state index contributed by atoms with van der Waals surface area (Å²) in [6.45, 7) is 5.09. The van der Waals surface area contributed by atoms with Crippen LogP contribution in [0.2, 0.25) is 0 Å². The summed E-state index contributed by atoms with van der Waals surface area (Å²) in [6.07, 6.45) is -3.07. The first kappa shape index (κ1) is 21.6. The molecule has 5 nitrogen and oxygen atoms in total. The summed E-state index contributed by atoms with van der Waals surface area (Å²) in [5, 5.41) is 3.06. The first-order valence-corrected chi connectivity index (χ1v) is 9.35. The van der Waals surface area contributed by atoms with Gasteiger partial charge in [0.25, 0.3) is 5.91 Å². The molecule has 0 radical (unpaired) electrons. The normalized spacial score (nSPS) is 17.3. The van der Waals surface area contributed by atoms with E-state index in [0.29, 0.717) is 34.8 Å². The molecule has 3 N–H and O–H groups in total. The minimum Gasteiger partial charge on any atom is -0.399 e. The Morgan fingerprint density at radius 2 is 1.93 bits per heavy atom. The van der Waals surface area contributed by atoms with Gasteiger partial charge in [0.15, 0.2) is 0 Å². The van der Waals surface area contributed by atoms with Gasteiger partial charge in [-0.3, -0.25) is 4.79 Å². The van der Waals surface area contributed by atoms with E-state index in [1.807, 2.05) is 0 Å². The minimum atomic E-state index is -4.54. The molecule has 2 aromatic rings. The van der Waals surface area contributed by atoms with Crippen LogP contribution in [-0.4, -0.2) is 28.4 Å². The quantitative estimate of drug-likeness (QED) is 0.721. The van der Waals surface area contributed by atoms with E-state index in [0.717, 1.165) is 18.3 Å². The highest BCUT2D eigenvalue weighted by atomic mass is 19.4. The highest BCUT2D eigenvalue weighted by Gasteiger charge is 2.34. The van der Waals surface area contributed by atoms with Gasteiger partial charge in [-0.15, -0.1) is 0 Å². The van der Waals surface area contributed by atoms with E-state index in [4.69, 9.17) is 5.73 Å². The van der Waals surface area contributed by atoms with Gasteiger partial charge in [0.05, 0.1) is 23.5 Å². The molecule has 0 bridgehead atoms. The summed E-state index contributed by atoms with van der Waals surface area (Å²) in [7, 11) is 0. The van der Waals surface area contributed by atoms with Crippen LogP contribution in [0.25, 0.3) is 0 Å². The third kappa shape index (κ3) is 4.39. The summed E-state index contributed by atoms with van der Waals surface area (Å²) in [5.41, 5.74) is 7.11. The van der Waals surface area contributed by atoms with Crippen molar-refractivity contribution < 1.29 is 22.4 Å². The number of amides is 1. The van der Waals surface area contributed by atoms with E-state index in [1.165, 1.54) is 17.9 Å². The standard InChI is InChI=1S/C21H22F4N4O/c1-11-6-14(9-15(7-11)21(23,24)25)20(30)29-5-4-17(19(26)13(29)3)28-18-8-12(2)16(22)10-27-18/h6-10,13H,4-5,26H2,1-3H3,(H,27,28). The highest BCUT2D eigenvalue weighted by molar-refractivity contribution is 5.95. The molecule has 2 heterocycles. The second-order valence-electron chi connectivity index (χ2n) is 7.39. The molecule has 1 aliphatic rings. The number of carbonyl (C=O) groups excluding carboxylic acids is 1. The predicted molar refractivity (Wildman–Crippen MR) is 105 cm³/mol. The molecule has 0 spiro atoms. The van der Waals surface area contributed by atoms with E-state index in [2.05, 4.69) is 10.3 Å². The number of nitrogens with two attached hydrogens (primary N) is 1. The Balaban J connectivity index is 1.84. The lowest BCUT2D eigenvalue weighted by Gasteiger charge is -2.35. The monoisotopic (exact) mass is 422 g/mol. The predicted octanol–water partition coefficient (Wildman–Crippen LogP) is 4.37. The van der Waals surface area contributed by atoms with E-state index >= 15 is 0 Å². The van der Waals surface area contributed by atoms with E-state index in [9.17, 15) is 22.4 Å². The van der Waals surface area contributed by atoms with Crippen LogP contribution in [0.15, 0.2) is 41.9 Å². The van der Waals surface area contributed by atoms with Gasteiger partial charge in [0.1, 0.15) is 11.6 Å². The maximum Gasteiger partial charge on any atom is 0.416 e. The maximum atomic E-state index is 13.4. The molecule has 1 aliphatic heterocycles. The van der Waals surface area contributed by atoms with Crippen molar-refractivity contribution in [3.8, 4) is 0 Å². The average molecular weight is 422 g/mol. The zero-order valence-electron chi connectivity index (χ0n) is 16.8. The van der Waals surface area contributed by atoms with Crippen LogP contribution in [0.4, 0.5) is 23.4 Å². The zero-order valence-corrected chi connectivity index (χ0v) is 16.8.